The first-order valence-electron chi connectivity index (χ1n) is 27.4. The summed E-state index contributed by atoms with van der Waals surface area (Å²) in [5.74, 6) is -1.16. The molecule has 18 nitrogen and oxygen atoms in total. The summed E-state index contributed by atoms with van der Waals surface area (Å²) in [5, 5.41) is 78.3. The highest BCUT2D eigenvalue weighted by Crippen LogP contribution is 2.38. The molecule has 3 aliphatic heterocycles. The van der Waals surface area contributed by atoms with Gasteiger partial charge in [0.2, 0.25) is 0 Å². The Bertz CT molecular complexity index is 1750. The van der Waals surface area contributed by atoms with Crippen molar-refractivity contribution in [3.63, 3.8) is 0 Å². The maximum atomic E-state index is 13.5. The van der Waals surface area contributed by atoms with E-state index in [4.69, 9.17) is 33.2 Å². The number of carbonyl (C=O) groups is 1. The van der Waals surface area contributed by atoms with Gasteiger partial charge in [-0.15, -0.1) is 5.53 Å². The number of aliphatic hydroxyl groups excluding tert-OH is 6. The molecular weight excluding hydrogens is 943 g/mol. The zero-order valence-corrected chi connectivity index (χ0v) is 45.8. The van der Waals surface area contributed by atoms with E-state index in [1.807, 2.05) is 47.6 Å². The minimum atomic E-state index is -1.87. The Balaban J connectivity index is 1.31. The number of nitrogens with one attached hydrogen (secondary N) is 2. The van der Waals surface area contributed by atoms with Gasteiger partial charge in [-0.2, -0.15) is 0 Å². The van der Waals surface area contributed by atoms with Gasteiger partial charge in [0.05, 0.1) is 38.7 Å². The number of aliphatic hydroxyl groups is 6. The summed E-state index contributed by atoms with van der Waals surface area (Å²) in [5.41, 5.74) is 6.64. The molecule has 0 amide bonds. The van der Waals surface area contributed by atoms with Crippen LogP contribution >= 0.6 is 0 Å². The van der Waals surface area contributed by atoms with Gasteiger partial charge in [-0.05, 0) is 35.3 Å². The monoisotopic (exact) mass is 1040 g/mol. The fourth-order valence-corrected chi connectivity index (χ4v) is 9.12. The van der Waals surface area contributed by atoms with Crippen LogP contribution in [0.4, 0.5) is 0 Å². The van der Waals surface area contributed by atoms with Crippen molar-refractivity contribution in [2.45, 2.75) is 237 Å². The quantitative estimate of drug-likeness (QED) is 0.0278. The molecule has 1 aromatic rings. The van der Waals surface area contributed by atoms with E-state index in [0.29, 0.717) is 44.3 Å². The third kappa shape index (κ3) is 20.3. The highest BCUT2D eigenvalue weighted by Gasteiger charge is 2.50. The largest absolute Gasteiger partial charge is 0.507 e. The normalized spacial score (nSPS) is 26.0. The number of hydrogen-bond donors (Lipinski definition) is 9. The Labute approximate surface area is 436 Å². The molecule has 3 heterocycles. The fraction of sp³-hybridized carbons (Fsp3) is 0.836. The van der Waals surface area contributed by atoms with Crippen LogP contribution in [0, 0.1) is 5.41 Å². The zero-order chi connectivity index (χ0) is 53.8. The van der Waals surface area contributed by atoms with E-state index in [2.05, 4.69) is 31.7 Å². The Morgan fingerprint density at radius 3 is 1.60 bits per heavy atom. The molecule has 1 aromatic carbocycles. The number of esters is 1. The fourth-order valence-electron chi connectivity index (χ4n) is 9.12. The molecule has 4 rings (SSSR count). The SMILES string of the molecule is CCCCCCCCCCOCC(C)(COCCCCCCCCCC)COCC1=CN(C[C@H]2O[C@H](O[C@@H]3OC(COC(=O)c4cc(C(C)(C)C)cc(C(C)(C)C)c4O)[C@@H](O)C(O)C3O)C(O)C(O)C2O)NN1. The molecule has 73 heavy (non-hydrogen) atoms. The molecule has 18 heteroatoms. The summed E-state index contributed by atoms with van der Waals surface area (Å²) in [7, 11) is 0. The summed E-state index contributed by atoms with van der Waals surface area (Å²) in [6, 6.07) is 3.40. The van der Waals surface area contributed by atoms with Crippen molar-refractivity contribution < 1.29 is 73.7 Å². The second-order valence-corrected chi connectivity index (χ2v) is 23.1. The smallest absolute Gasteiger partial charge is 0.342 e. The Morgan fingerprint density at radius 1 is 0.616 bits per heavy atom. The number of hydrazine groups is 2. The van der Waals surface area contributed by atoms with E-state index in [-0.39, 0.29) is 35.3 Å². The predicted molar refractivity (Wildman–Crippen MR) is 277 cm³/mol. The summed E-state index contributed by atoms with van der Waals surface area (Å²) in [4.78, 5) is 13.5. The summed E-state index contributed by atoms with van der Waals surface area (Å²) >= 11 is 0. The number of unbranched alkanes of at least 4 members (excludes halogenated alkanes) is 14. The standard InChI is InChI=1S/C55H97N3O15/c1-10-12-14-16-18-20-22-24-26-67-34-55(9,35-68-27-25-23-21-19-17-15-13-11-2)36-69-32-38-30-58(57-56-38)31-41-44(60)46(62)48(64)51(71-41)73-52-49(65)47(63)45(61)42(72-52)33-70-50(66)39-28-37(53(3,4)5)29-40(43(39)59)54(6,7)8/h28-30,41-42,44-49,51-52,56-57,59-65H,10-27,31-36H2,1-9H3/t41-,42?,44?,45-,46?,47?,48?,49?,51-,52+/m1/s1. The molecule has 10 atom stereocenters. The number of phenolic OH excluding ortho intramolecular Hbond substituents is 1. The topological polar surface area (TPSA) is 251 Å². The first kappa shape index (κ1) is 62.8. The van der Waals surface area contributed by atoms with Crippen LogP contribution in [0.1, 0.15) is 187 Å². The first-order chi connectivity index (χ1) is 34.6. The van der Waals surface area contributed by atoms with Gasteiger partial charge in [0, 0.05) is 30.4 Å². The minimum absolute atomic E-state index is 0.0631. The van der Waals surface area contributed by atoms with Gasteiger partial charge in [0.15, 0.2) is 12.6 Å². The van der Waals surface area contributed by atoms with Gasteiger partial charge in [0.1, 0.15) is 66.8 Å². The second-order valence-electron chi connectivity index (χ2n) is 23.1. The summed E-state index contributed by atoms with van der Waals surface area (Å²) in [6.07, 6.45) is 4.69. The molecule has 422 valence electrons. The molecule has 9 N–H and O–H groups in total. The van der Waals surface area contributed by atoms with Crippen molar-refractivity contribution in [3.05, 3.63) is 40.7 Å². The molecule has 0 radical (unpaired) electrons. The average molecular weight is 1040 g/mol. The van der Waals surface area contributed by atoms with E-state index < -0.39 is 79.4 Å². The molecule has 0 aromatic heterocycles. The second kappa shape index (κ2) is 30.9. The van der Waals surface area contributed by atoms with E-state index in [0.717, 1.165) is 31.2 Å². The molecule has 0 aliphatic carbocycles. The van der Waals surface area contributed by atoms with E-state index >= 15 is 0 Å². The molecule has 0 spiro atoms. The molecule has 6 unspecified atom stereocenters. The molecule has 2 saturated heterocycles. The van der Waals surface area contributed by atoms with Crippen LogP contribution in [0.25, 0.3) is 0 Å². The van der Waals surface area contributed by atoms with Gasteiger partial charge < -0.3 is 74.3 Å². The Kier molecular flexibility index (Phi) is 26.6. The van der Waals surface area contributed by atoms with Crippen LogP contribution in [0.3, 0.4) is 0 Å². The molecule has 3 aliphatic rings. The van der Waals surface area contributed by atoms with Crippen LogP contribution in [0.2, 0.25) is 0 Å². The zero-order valence-electron chi connectivity index (χ0n) is 45.8. The van der Waals surface area contributed by atoms with E-state index in [1.165, 1.54) is 77.0 Å². The number of phenols is 1. The first-order valence-corrected chi connectivity index (χ1v) is 27.4. The minimum Gasteiger partial charge on any atom is -0.507 e. The highest BCUT2D eigenvalue weighted by molar-refractivity contribution is 5.93. The highest BCUT2D eigenvalue weighted by atomic mass is 16.8. The molecular formula is C55H97N3O15. The number of carbonyl (C=O) groups excluding carboxylic acids is 1. The number of aromatic hydroxyl groups is 1. The molecule has 0 bridgehead atoms. The van der Waals surface area contributed by atoms with Crippen LogP contribution in [0.5, 0.6) is 5.75 Å². The van der Waals surface area contributed by atoms with Crippen LogP contribution in [-0.4, -0.2) is 161 Å². The predicted octanol–water partition coefficient (Wildman–Crippen LogP) is 6.28. The van der Waals surface area contributed by atoms with Gasteiger partial charge >= 0.3 is 5.97 Å². The van der Waals surface area contributed by atoms with Gasteiger partial charge in [0.25, 0.3) is 0 Å². The average Bonchev–Trinajstić information content (AvgIpc) is 3.79. The maximum absolute atomic E-state index is 13.5. The number of rotatable bonds is 33. The number of nitrogens with zero attached hydrogens (tertiary/aromatic N) is 1. The lowest BCUT2D eigenvalue weighted by molar-refractivity contribution is -0.375. The Morgan fingerprint density at radius 2 is 1.10 bits per heavy atom. The van der Waals surface area contributed by atoms with Crippen LogP contribution in [-0.2, 0) is 44.0 Å². The van der Waals surface area contributed by atoms with Crippen molar-refractivity contribution in [2.24, 2.45) is 5.41 Å². The van der Waals surface area contributed by atoms with Crippen molar-refractivity contribution in [3.8, 4) is 5.75 Å². The maximum Gasteiger partial charge on any atom is 0.342 e. The van der Waals surface area contributed by atoms with Crippen LogP contribution < -0.4 is 11.0 Å². The van der Waals surface area contributed by atoms with E-state index in [9.17, 15) is 40.5 Å². The van der Waals surface area contributed by atoms with Crippen molar-refractivity contribution in [1.82, 2.24) is 16.0 Å². The van der Waals surface area contributed by atoms with Gasteiger partial charge in [-0.3, -0.25) is 5.01 Å². The van der Waals surface area contributed by atoms with Crippen molar-refractivity contribution in [2.75, 3.05) is 52.8 Å². The lowest BCUT2D eigenvalue weighted by Gasteiger charge is -2.45. The molecule has 0 saturated carbocycles. The summed E-state index contributed by atoms with van der Waals surface area (Å²) < 4.78 is 41.7. The van der Waals surface area contributed by atoms with Gasteiger partial charge in [-0.1, -0.05) is 158 Å². The number of ether oxygens (including phenoxy) is 7. The van der Waals surface area contributed by atoms with Gasteiger partial charge in [-0.25, -0.2) is 4.79 Å². The third-order valence-corrected chi connectivity index (χ3v) is 13.9. The van der Waals surface area contributed by atoms with Crippen molar-refractivity contribution in [1.29, 1.82) is 0 Å². The molecule has 2 fully saturated rings. The van der Waals surface area contributed by atoms with E-state index in [1.54, 1.807) is 17.3 Å². The Hall–Kier alpha value is -2.69. The van der Waals surface area contributed by atoms with Crippen molar-refractivity contribution >= 4 is 5.97 Å². The van der Waals surface area contributed by atoms with Crippen LogP contribution in [0.15, 0.2) is 24.0 Å². The number of benzene rings is 1. The number of hydrogen-bond acceptors (Lipinski definition) is 18. The summed E-state index contributed by atoms with van der Waals surface area (Å²) in [6.45, 7) is 20.5. The lowest BCUT2D eigenvalue weighted by Crippen LogP contribution is -2.64. The lowest BCUT2D eigenvalue weighted by atomic mass is 9.79. The third-order valence-electron chi connectivity index (χ3n) is 13.9.